The molecule has 1 aliphatic carbocycles. The molecule has 3 rings (SSSR count). The van der Waals surface area contributed by atoms with E-state index in [1.165, 1.54) is 13.4 Å². The van der Waals surface area contributed by atoms with Gasteiger partial charge >= 0.3 is 5.97 Å². The van der Waals surface area contributed by atoms with E-state index >= 15 is 0 Å². The molecular weight excluding hydrogens is 212 g/mol. The zero-order chi connectivity index (χ0) is 11.3. The Bertz CT molecular complexity index is 350. The van der Waals surface area contributed by atoms with Gasteiger partial charge in [0, 0.05) is 17.8 Å². The molecule has 5 atom stereocenters. The quantitative estimate of drug-likeness (QED) is 0.655. The molecule has 0 bridgehead atoms. The second-order valence-electron chi connectivity index (χ2n) is 4.52. The van der Waals surface area contributed by atoms with Crippen LogP contribution in [0.4, 0.5) is 0 Å². The summed E-state index contributed by atoms with van der Waals surface area (Å²) in [4.78, 5) is 11.6. The monoisotopic (exact) mass is 226 g/mol. The van der Waals surface area contributed by atoms with Gasteiger partial charge in [-0.1, -0.05) is 0 Å². The lowest BCUT2D eigenvalue weighted by Crippen LogP contribution is -2.32. The third kappa shape index (κ3) is 1.21. The third-order valence-corrected chi connectivity index (χ3v) is 3.87. The van der Waals surface area contributed by atoms with Gasteiger partial charge in [-0.15, -0.1) is 0 Å². The van der Waals surface area contributed by atoms with Crippen molar-refractivity contribution in [2.24, 2.45) is 17.8 Å². The minimum atomic E-state index is -0.759. The van der Waals surface area contributed by atoms with E-state index in [0.29, 0.717) is 5.57 Å². The van der Waals surface area contributed by atoms with Crippen molar-refractivity contribution in [2.75, 3.05) is 7.11 Å². The molecule has 16 heavy (non-hydrogen) atoms. The van der Waals surface area contributed by atoms with Gasteiger partial charge in [0.05, 0.1) is 18.9 Å². The molecule has 2 heterocycles. The minimum Gasteiger partial charge on any atom is -0.472 e. The van der Waals surface area contributed by atoms with Crippen molar-refractivity contribution in [3.05, 3.63) is 11.8 Å². The molecule has 5 nitrogen and oxygen atoms in total. The minimum absolute atomic E-state index is 0.0864. The zero-order valence-electron chi connectivity index (χ0n) is 8.96. The van der Waals surface area contributed by atoms with E-state index in [4.69, 9.17) is 14.2 Å². The summed E-state index contributed by atoms with van der Waals surface area (Å²) in [7, 11) is 1.36. The summed E-state index contributed by atoms with van der Waals surface area (Å²) >= 11 is 0. The highest BCUT2D eigenvalue weighted by Crippen LogP contribution is 2.52. The lowest BCUT2D eigenvalue weighted by molar-refractivity contribution is -0.186. The maximum atomic E-state index is 11.6. The fraction of sp³-hybridized carbons (Fsp3) is 0.727. The van der Waals surface area contributed by atoms with Gasteiger partial charge in [-0.05, 0) is 12.8 Å². The number of ether oxygens (including phenoxy) is 3. The van der Waals surface area contributed by atoms with Crippen LogP contribution < -0.4 is 0 Å². The van der Waals surface area contributed by atoms with Crippen molar-refractivity contribution in [2.45, 2.75) is 25.4 Å². The van der Waals surface area contributed by atoms with Crippen LogP contribution in [-0.2, 0) is 19.0 Å². The number of hydrogen-bond acceptors (Lipinski definition) is 5. The topological polar surface area (TPSA) is 65.0 Å². The highest BCUT2D eigenvalue weighted by molar-refractivity contribution is 5.89. The van der Waals surface area contributed by atoms with E-state index in [1.54, 1.807) is 0 Å². The molecule has 1 saturated heterocycles. The van der Waals surface area contributed by atoms with Crippen molar-refractivity contribution in [1.29, 1.82) is 0 Å². The molecule has 5 heteroatoms. The number of aliphatic hydroxyl groups is 1. The van der Waals surface area contributed by atoms with E-state index in [9.17, 15) is 9.90 Å². The first-order chi connectivity index (χ1) is 7.72. The highest BCUT2D eigenvalue weighted by atomic mass is 16.7. The standard InChI is InChI=1S/C11H14O5/c1-14-9(12)7-4-15-11-8-5(7)2-3-6(8)10(13)16-11/h4-6,8,10-11,13H,2-3H2,1H3/t5-,6-,8+,10-,11-/m1/s1. The predicted octanol–water partition coefficient (Wildman–Crippen LogP) is 0.391. The predicted molar refractivity (Wildman–Crippen MR) is 51.8 cm³/mol. The molecule has 1 N–H and O–H groups in total. The maximum absolute atomic E-state index is 11.6. The van der Waals surface area contributed by atoms with Gasteiger partial charge in [-0.2, -0.15) is 0 Å². The Hall–Kier alpha value is -1.07. The summed E-state index contributed by atoms with van der Waals surface area (Å²) < 4.78 is 15.4. The van der Waals surface area contributed by atoms with Crippen LogP contribution in [0.3, 0.4) is 0 Å². The molecule has 0 aromatic heterocycles. The lowest BCUT2D eigenvalue weighted by atomic mass is 9.84. The first-order valence-corrected chi connectivity index (χ1v) is 5.49. The van der Waals surface area contributed by atoms with Crippen LogP contribution in [0.1, 0.15) is 12.8 Å². The number of aliphatic hydroxyl groups excluding tert-OH is 1. The van der Waals surface area contributed by atoms with Crippen LogP contribution in [0.5, 0.6) is 0 Å². The number of esters is 1. The molecule has 1 saturated carbocycles. The number of rotatable bonds is 1. The SMILES string of the molecule is COC(=O)C1=CO[C@@H]2O[C@@H](O)[C@@H]3CC[C@H]1[C@H]23. The summed E-state index contributed by atoms with van der Waals surface area (Å²) in [6.45, 7) is 0. The number of hydrogen-bond donors (Lipinski definition) is 1. The molecule has 0 unspecified atom stereocenters. The summed E-state index contributed by atoms with van der Waals surface area (Å²) in [5.74, 6) is -0.0590. The van der Waals surface area contributed by atoms with Gasteiger partial charge in [0.1, 0.15) is 0 Å². The smallest absolute Gasteiger partial charge is 0.337 e. The van der Waals surface area contributed by atoms with Gasteiger partial charge in [0.15, 0.2) is 6.29 Å². The van der Waals surface area contributed by atoms with Crippen LogP contribution >= 0.6 is 0 Å². The first-order valence-electron chi connectivity index (χ1n) is 5.49. The molecule has 0 radical (unpaired) electrons. The molecule has 2 aliphatic heterocycles. The Morgan fingerprint density at radius 2 is 2.38 bits per heavy atom. The van der Waals surface area contributed by atoms with E-state index in [0.717, 1.165) is 12.8 Å². The normalized spacial score (nSPS) is 44.6. The molecule has 88 valence electrons. The summed E-state index contributed by atoms with van der Waals surface area (Å²) in [6.07, 6.45) is 2.02. The Morgan fingerprint density at radius 1 is 1.56 bits per heavy atom. The molecule has 0 amide bonds. The average Bonchev–Trinajstić information content (AvgIpc) is 2.85. The first kappa shape index (κ1) is 10.1. The maximum Gasteiger partial charge on any atom is 0.337 e. The van der Waals surface area contributed by atoms with Crippen molar-refractivity contribution in [3.8, 4) is 0 Å². The van der Waals surface area contributed by atoms with Crippen molar-refractivity contribution < 1.29 is 24.1 Å². The fourth-order valence-electron chi connectivity index (χ4n) is 3.14. The Morgan fingerprint density at radius 3 is 3.12 bits per heavy atom. The lowest BCUT2D eigenvalue weighted by Gasteiger charge is -2.28. The number of methoxy groups -OCH3 is 1. The van der Waals surface area contributed by atoms with Crippen molar-refractivity contribution in [3.63, 3.8) is 0 Å². The molecule has 2 fully saturated rings. The second-order valence-corrected chi connectivity index (χ2v) is 4.52. The van der Waals surface area contributed by atoms with E-state index < -0.39 is 12.6 Å². The van der Waals surface area contributed by atoms with E-state index in [-0.39, 0.29) is 23.7 Å². The Labute approximate surface area is 93.0 Å². The Kier molecular flexibility index (Phi) is 2.19. The molecule has 0 aromatic carbocycles. The molecule has 0 aromatic rings. The van der Waals surface area contributed by atoms with Gasteiger partial charge < -0.3 is 19.3 Å². The van der Waals surface area contributed by atoms with Gasteiger partial charge in [-0.3, -0.25) is 0 Å². The second kappa shape index (κ2) is 3.46. The molecule has 3 aliphatic rings. The zero-order valence-corrected chi connectivity index (χ0v) is 8.96. The van der Waals surface area contributed by atoms with Crippen LogP contribution in [0.15, 0.2) is 11.8 Å². The third-order valence-electron chi connectivity index (χ3n) is 3.87. The summed E-state index contributed by atoms with van der Waals surface area (Å²) in [6, 6.07) is 0. The van der Waals surface area contributed by atoms with Crippen LogP contribution in [0, 0.1) is 17.8 Å². The van der Waals surface area contributed by atoms with Crippen LogP contribution in [-0.4, -0.2) is 30.8 Å². The van der Waals surface area contributed by atoms with Crippen molar-refractivity contribution >= 4 is 5.97 Å². The average molecular weight is 226 g/mol. The summed E-state index contributed by atoms with van der Waals surface area (Å²) in [5.41, 5.74) is 0.573. The van der Waals surface area contributed by atoms with Crippen LogP contribution in [0.25, 0.3) is 0 Å². The van der Waals surface area contributed by atoms with Crippen LogP contribution in [0.2, 0.25) is 0 Å². The molecular formula is C11H14O5. The van der Waals surface area contributed by atoms with Gasteiger partial charge in [-0.25, -0.2) is 4.79 Å². The van der Waals surface area contributed by atoms with E-state index in [2.05, 4.69) is 0 Å². The Balaban J connectivity index is 1.90. The number of carbonyl (C=O) groups is 1. The highest BCUT2D eigenvalue weighted by Gasteiger charge is 2.56. The largest absolute Gasteiger partial charge is 0.472 e. The van der Waals surface area contributed by atoms with E-state index in [1.807, 2.05) is 0 Å². The molecule has 0 spiro atoms. The summed E-state index contributed by atoms with van der Waals surface area (Å²) in [5, 5.41) is 9.69. The van der Waals surface area contributed by atoms with Crippen molar-refractivity contribution in [1.82, 2.24) is 0 Å². The fourth-order valence-corrected chi connectivity index (χ4v) is 3.14. The van der Waals surface area contributed by atoms with Gasteiger partial charge in [0.25, 0.3) is 0 Å². The number of carbonyl (C=O) groups excluding carboxylic acids is 1. The van der Waals surface area contributed by atoms with Gasteiger partial charge in [0.2, 0.25) is 6.29 Å².